The van der Waals surface area contributed by atoms with E-state index < -0.39 is 0 Å². The number of benzene rings is 2. The number of pyridine rings is 1. The molecule has 1 fully saturated rings. The second kappa shape index (κ2) is 8.70. The Bertz CT molecular complexity index is 1730. The Morgan fingerprint density at radius 3 is 2.16 bits per heavy atom. The van der Waals surface area contributed by atoms with Crippen LogP contribution in [0.5, 0.6) is 17.2 Å². The quantitative estimate of drug-likeness (QED) is 0.308. The van der Waals surface area contributed by atoms with Gasteiger partial charge in [-0.15, -0.1) is 0 Å². The maximum Gasteiger partial charge on any atom is 0.181 e. The second-order valence-electron chi connectivity index (χ2n) is 10.0. The van der Waals surface area contributed by atoms with Gasteiger partial charge in [0, 0.05) is 23.6 Å². The lowest BCUT2D eigenvalue weighted by molar-refractivity contribution is -0.920. The average Bonchev–Trinajstić information content (AvgIpc) is 3.56. The number of hydrogen-bond acceptors (Lipinski definition) is 5. The van der Waals surface area contributed by atoms with E-state index in [1.54, 1.807) is 28.4 Å². The molecule has 5 aromatic rings. The maximum absolute atomic E-state index is 6.01. The fourth-order valence-electron chi connectivity index (χ4n) is 6.69. The number of nitrogens with one attached hydrogen (secondary N) is 3. The Morgan fingerprint density at radius 2 is 1.45 bits per heavy atom. The monoisotopic (exact) mass is 511 g/mol. The summed E-state index contributed by atoms with van der Waals surface area (Å²) in [5.41, 5.74) is 6.34. The smallest absolute Gasteiger partial charge is 0.181 e. The number of ether oxygens (including phenoxy) is 4. The van der Waals surface area contributed by atoms with Crippen LogP contribution in [0.1, 0.15) is 48.3 Å². The van der Waals surface area contributed by atoms with Gasteiger partial charge >= 0.3 is 0 Å². The van der Waals surface area contributed by atoms with Gasteiger partial charge in [0.25, 0.3) is 0 Å². The molecular formula is C30H31N4O4+. The summed E-state index contributed by atoms with van der Waals surface area (Å²) in [5, 5.41) is 3.23. The average molecular weight is 512 g/mol. The molecule has 0 radical (unpaired) electrons. The van der Waals surface area contributed by atoms with Gasteiger partial charge in [-0.3, -0.25) is 4.90 Å². The van der Waals surface area contributed by atoms with Gasteiger partial charge in [-0.05, 0) is 18.6 Å². The first-order chi connectivity index (χ1) is 18.7. The summed E-state index contributed by atoms with van der Waals surface area (Å²) >= 11 is 0. The molecule has 3 atom stereocenters. The predicted molar refractivity (Wildman–Crippen MR) is 147 cm³/mol. The van der Waals surface area contributed by atoms with Gasteiger partial charge in [0.05, 0.1) is 67.8 Å². The van der Waals surface area contributed by atoms with Crippen LogP contribution in [-0.2, 0) is 4.74 Å². The molecule has 7 rings (SSSR count). The lowest BCUT2D eigenvalue weighted by atomic mass is 9.87. The van der Waals surface area contributed by atoms with Crippen LogP contribution in [0.2, 0.25) is 0 Å². The SMILES string of the molecule is COC1=C[NH+]2C(CCCC2c2ncc(OC)c3c2[nH]c2c(OC)cccc23)c2[nH]c3c(OC)cccc3c21. The van der Waals surface area contributed by atoms with Crippen molar-refractivity contribution < 1.29 is 23.8 Å². The van der Waals surface area contributed by atoms with Crippen molar-refractivity contribution in [2.24, 2.45) is 0 Å². The number of methoxy groups -OCH3 is 4. The van der Waals surface area contributed by atoms with Crippen molar-refractivity contribution in [2.75, 3.05) is 28.4 Å². The summed E-state index contributed by atoms with van der Waals surface area (Å²) in [4.78, 5) is 13.7. The van der Waals surface area contributed by atoms with Crippen LogP contribution < -0.4 is 19.1 Å². The minimum Gasteiger partial charge on any atom is -0.495 e. The number of H-pyrrole nitrogens is 2. The molecule has 0 aliphatic carbocycles. The van der Waals surface area contributed by atoms with Gasteiger partial charge in [0.2, 0.25) is 0 Å². The van der Waals surface area contributed by atoms with Gasteiger partial charge in [-0.25, -0.2) is 4.98 Å². The third-order valence-electron chi connectivity index (χ3n) is 8.34. The van der Waals surface area contributed by atoms with E-state index in [1.807, 2.05) is 30.5 Å². The molecule has 8 nitrogen and oxygen atoms in total. The molecule has 194 valence electrons. The molecule has 5 heterocycles. The Kier molecular flexibility index (Phi) is 5.26. The molecule has 0 spiro atoms. The van der Waals surface area contributed by atoms with E-state index in [1.165, 1.54) is 10.6 Å². The van der Waals surface area contributed by atoms with Crippen LogP contribution in [-0.4, -0.2) is 43.4 Å². The number of piperidine rings is 1. The van der Waals surface area contributed by atoms with Crippen molar-refractivity contribution in [3.8, 4) is 17.2 Å². The molecule has 0 bridgehead atoms. The van der Waals surface area contributed by atoms with Crippen LogP contribution in [0.15, 0.2) is 48.8 Å². The number of rotatable bonds is 5. The number of hydrogen-bond donors (Lipinski definition) is 3. The molecular weight excluding hydrogens is 480 g/mol. The third-order valence-corrected chi connectivity index (χ3v) is 8.34. The zero-order chi connectivity index (χ0) is 26.0. The summed E-state index contributed by atoms with van der Waals surface area (Å²) in [6.45, 7) is 0. The first-order valence-corrected chi connectivity index (χ1v) is 13.0. The van der Waals surface area contributed by atoms with Crippen LogP contribution in [0, 0.1) is 0 Å². The zero-order valence-corrected chi connectivity index (χ0v) is 22.0. The third kappa shape index (κ3) is 3.10. The van der Waals surface area contributed by atoms with Gasteiger partial charge < -0.3 is 28.9 Å². The minimum absolute atomic E-state index is 0.132. The summed E-state index contributed by atoms with van der Waals surface area (Å²) in [5.74, 6) is 3.27. The molecule has 3 unspecified atom stereocenters. The lowest BCUT2D eigenvalue weighted by Gasteiger charge is -2.39. The molecule has 3 aromatic heterocycles. The Hall–Kier alpha value is -4.17. The van der Waals surface area contributed by atoms with Crippen LogP contribution in [0.25, 0.3) is 38.5 Å². The summed E-state index contributed by atoms with van der Waals surface area (Å²) in [6, 6.07) is 12.6. The highest BCUT2D eigenvalue weighted by molar-refractivity contribution is 6.12. The van der Waals surface area contributed by atoms with E-state index in [2.05, 4.69) is 28.3 Å². The highest BCUT2D eigenvalue weighted by Gasteiger charge is 2.44. The van der Waals surface area contributed by atoms with E-state index in [0.29, 0.717) is 0 Å². The molecule has 3 N–H and O–H groups in total. The number of aromatic amines is 2. The fraction of sp³-hybridized carbons (Fsp3) is 0.300. The molecule has 8 heteroatoms. The van der Waals surface area contributed by atoms with Crippen molar-refractivity contribution >= 4 is 38.5 Å². The molecule has 0 saturated carbocycles. The topological polar surface area (TPSA) is 85.8 Å². The Labute approximate surface area is 220 Å². The van der Waals surface area contributed by atoms with Gasteiger partial charge in [0.15, 0.2) is 5.76 Å². The largest absolute Gasteiger partial charge is 0.495 e. The van der Waals surface area contributed by atoms with Gasteiger partial charge in [0.1, 0.15) is 41.2 Å². The number of aromatic nitrogens is 3. The predicted octanol–water partition coefficient (Wildman–Crippen LogP) is 5.03. The molecule has 2 aliphatic rings. The Morgan fingerprint density at radius 1 is 0.763 bits per heavy atom. The van der Waals surface area contributed by atoms with E-state index in [0.717, 1.165) is 86.2 Å². The minimum atomic E-state index is 0.132. The Balaban J connectivity index is 1.43. The van der Waals surface area contributed by atoms with Crippen LogP contribution in [0.3, 0.4) is 0 Å². The maximum atomic E-state index is 6.01. The molecule has 0 amide bonds. The highest BCUT2D eigenvalue weighted by atomic mass is 16.5. The second-order valence-corrected chi connectivity index (χ2v) is 10.0. The lowest BCUT2D eigenvalue weighted by Crippen LogP contribution is -3.09. The number of nitrogens with zero attached hydrogens (tertiary/aromatic N) is 1. The summed E-state index contributed by atoms with van der Waals surface area (Å²) in [7, 11) is 6.86. The molecule has 2 aliphatic heterocycles. The van der Waals surface area contributed by atoms with E-state index >= 15 is 0 Å². The van der Waals surface area contributed by atoms with Crippen molar-refractivity contribution in [2.45, 2.75) is 31.3 Å². The standard InChI is InChI=1S/C30H30N4O4/c1-35-20-12-6-9-17-25-23(38-4)15-34-18(28(25)32-26(17)20)10-7-11-19(34)29-30-24(22(37-3)14-31-29)16-8-5-13-21(36-2)27(16)33-30/h5-6,8-9,12-15,18-19,32-33H,7,10-11H2,1-4H3/p+1. The first kappa shape index (κ1) is 23.0. The summed E-state index contributed by atoms with van der Waals surface area (Å²) in [6.07, 6.45) is 7.29. The van der Waals surface area contributed by atoms with E-state index in [9.17, 15) is 0 Å². The molecule has 1 saturated heterocycles. The summed E-state index contributed by atoms with van der Waals surface area (Å²) < 4.78 is 23.1. The van der Waals surface area contributed by atoms with Crippen molar-refractivity contribution in [3.63, 3.8) is 0 Å². The number of quaternary nitrogens is 1. The first-order valence-electron chi connectivity index (χ1n) is 13.0. The van der Waals surface area contributed by atoms with Gasteiger partial charge in [-0.2, -0.15) is 0 Å². The van der Waals surface area contributed by atoms with Crippen LogP contribution >= 0.6 is 0 Å². The number of para-hydroxylation sites is 2. The molecule has 38 heavy (non-hydrogen) atoms. The van der Waals surface area contributed by atoms with Crippen molar-refractivity contribution in [1.29, 1.82) is 0 Å². The highest BCUT2D eigenvalue weighted by Crippen LogP contribution is 2.43. The van der Waals surface area contributed by atoms with Crippen LogP contribution in [0.4, 0.5) is 0 Å². The zero-order valence-electron chi connectivity index (χ0n) is 22.0. The normalized spacial score (nSPS) is 20.7. The van der Waals surface area contributed by atoms with Crippen molar-refractivity contribution in [3.05, 3.63) is 65.7 Å². The van der Waals surface area contributed by atoms with Gasteiger partial charge in [-0.1, -0.05) is 24.3 Å². The molecule has 2 aromatic carbocycles. The van der Waals surface area contributed by atoms with E-state index in [-0.39, 0.29) is 12.1 Å². The van der Waals surface area contributed by atoms with E-state index in [4.69, 9.17) is 23.9 Å². The van der Waals surface area contributed by atoms with Crippen molar-refractivity contribution in [1.82, 2.24) is 15.0 Å². The fourth-order valence-corrected chi connectivity index (χ4v) is 6.69. The number of fused-ring (bicyclic) bond motifs is 8.